The lowest BCUT2D eigenvalue weighted by Crippen LogP contribution is -2.29. The summed E-state index contributed by atoms with van der Waals surface area (Å²) in [5, 5.41) is 1.45. The first-order chi connectivity index (χ1) is 14.6. The SMILES string of the molecule is Cc1ccc(-n2c(SCC(=O)N3CCCC3)nc3c([nH]c4ccccc43)c2=O)cc1. The minimum Gasteiger partial charge on any atom is -0.349 e. The maximum atomic E-state index is 13.5. The highest BCUT2D eigenvalue weighted by molar-refractivity contribution is 7.99. The molecule has 1 aliphatic rings. The number of para-hydroxylation sites is 1. The summed E-state index contributed by atoms with van der Waals surface area (Å²) >= 11 is 1.33. The van der Waals surface area contributed by atoms with E-state index in [0.717, 1.165) is 48.1 Å². The Bertz CT molecular complexity index is 1300. The molecule has 2 aromatic carbocycles. The second-order valence-electron chi connectivity index (χ2n) is 7.64. The normalized spacial score (nSPS) is 14.1. The van der Waals surface area contributed by atoms with Crippen LogP contribution >= 0.6 is 11.8 Å². The zero-order valence-electron chi connectivity index (χ0n) is 16.7. The Hall–Kier alpha value is -3.06. The van der Waals surface area contributed by atoms with Gasteiger partial charge in [0.2, 0.25) is 5.91 Å². The van der Waals surface area contributed by atoms with Gasteiger partial charge in [-0.2, -0.15) is 0 Å². The van der Waals surface area contributed by atoms with Crippen molar-refractivity contribution in [2.24, 2.45) is 0 Å². The van der Waals surface area contributed by atoms with Gasteiger partial charge >= 0.3 is 0 Å². The number of benzene rings is 2. The number of carbonyl (C=O) groups excluding carboxylic acids is 1. The van der Waals surface area contributed by atoms with Crippen LogP contribution in [0.1, 0.15) is 18.4 Å². The second-order valence-corrected chi connectivity index (χ2v) is 8.58. The standard InChI is InChI=1S/C23H22N4O2S/c1-15-8-10-16(11-9-15)27-22(29)21-20(17-6-2-3-7-18(17)24-21)25-23(27)30-14-19(28)26-12-4-5-13-26/h2-3,6-11,24H,4-5,12-14H2,1H3. The fourth-order valence-electron chi connectivity index (χ4n) is 3.94. The highest BCUT2D eigenvalue weighted by Crippen LogP contribution is 2.27. The number of aromatic amines is 1. The summed E-state index contributed by atoms with van der Waals surface area (Å²) in [4.78, 5) is 36.1. The van der Waals surface area contributed by atoms with Crippen LogP contribution < -0.4 is 5.56 Å². The van der Waals surface area contributed by atoms with Crippen molar-refractivity contribution >= 4 is 39.6 Å². The quantitative estimate of drug-likeness (QED) is 0.403. The van der Waals surface area contributed by atoms with Gasteiger partial charge < -0.3 is 9.88 Å². The highest BCUT2D eigenvalue weighted by Gasteiger charge is 2.21. The molecule has 0 aliphatic carbocycles. The Morgan fingerprint density at radius 2 is 1.83 bits per heavy atom. The summed E-state index contributed by atoms with van der Waals surface area (Å²) in [6.45, 7) is 3.65. The number of aryl methyl sites for hydroxylation is 1. The van der Waals surface area contributed by atoms with Gasteiger partial charge in [-0.3, -0.25) is 14.2 Å². The highest BCUT2D eigenvalue weighted by atomic mass is 32.2. The van der Waals surface area contributed by atoms with Crippen LogP contribution in [-0.2, 0) is 4.79 Å². The van der Waals surface area contributed by atoms with Crippen molar-refractivity contribution in [1.29, 1.82) is 0 Å². The Labute approximate surface area is 177 Å². The predicted molar refractivity (Wildman–Crippen MR) is 120 cm³/mol. The van der Waals surface area contributed by atoms with Gasteiger partial charge in [0.1, 0.15) is 11.0 Å². The molecule has 1 fully saturated rings. The first-order valence-corrected chi connectivity index (χ1v) is 11.1. The largest absolute Gasteiger partial charge is 0.349 e. The molecule has 0 bridgehead atoms. The Morgan fingerprint density at radius 3 is 2.60 bits per heavy atom. The van der Waals surface area contributed by atoms with E-state index in [1.54, 1.807) is 4.57 Å². The third-order valence-corrected chi connectivity index (χ3v) is 6.49. The number of nitrogens with one attached hydrogen (secondary N) is 1. The number of hydrogen-bond acceptors (Lipinski definition) is 4. The van der Waals surface area contributed by atoms with Crippen LogP contribution in [0.4, 0.5) is 0 Å². The van der Waals surface area contributed by atoms with Crippen molar-refractivity contribution in [3.05, 3.63) is 64.4 Å². The molecule has 0 spiro atoms. The molecule has 0 radical (unpaired) electrons. The molecule has 0 saturated carbocycles. The first kappa shape index (κ1) is 18.9. The molecule has 1 saturated heterocycles. The van der Waals surface area contributed by atoms with E-state index in [4.69, 9.17) is 4.98 Å². The van der Waals surface area contributed by atoms with Gasteiger partial charge in [-0.15, -0.1) is 0 Å². The summed E-state index contributed by atoms with van der Waals surface area (Å²) in [5.74, 6) is 0.368. The number of aromatic nitrogens is 3. The Balaban J connectivity index is 1.64. The number of amides is 1. The lowest BCUT2D eigenvalue weighted by Gasteiger charge is -2.16. The van der Waals surface area contributed by atoms with E-state index in [1.807, 2.05) is 60.4 Å². The minimum atomic E-state index is -0.156. The smallest absolute Gasteiger partial charge is 0.283 e. The van der Waals surface area contributed by atoms with Gasteiger partial charge in [0.05, 0.1) is 11.4 Å². The van der Waals surface area contributed by atoms with Gasteiger partial charge in [-0.1, -0.05) is 47.7 Å². The minimum absolute atomic E-state index is 0.0984. The third kappa shape index (κ3) is 3.29. The number of hydrogen-bond donors (Lipinski definition) is 1. The maximum Gasteiger partial charge on any atom is 0.283 e. The van der Waals surface area contributed by atoms with E-state index < -0.39 is 0 Å². The van der Waals surface area contributed by atoms with Gasteiger partial charge in [0.25, 0.3) is 5.56 Å². The van der Waals surface area contributed by atoms with Gasteiger partial charge in [-0.05, 0) is 38.0 Å². The second kappa shape index (κ2) is 7.65. The van der Waals surface area contributed by atoms with E-state index in [-0.39, 0.29) is 17.2 Å². The Kier molecular flexibility index (Phi) is 4.83. The number of H-pyrrole nitrogens is 1. The van der Waals surface area contributed by atoms with Crippen molar-refractivity contribution in [3.63, 3.8) is 0 Å². The number of fused-ring (bicyclic) bond motifs is 3. The lowest BCUT2D eigenvalue weighted by molar-refractivity contribution is -0.127. The molecule has 0 atom stereocenters. The summed E-state index contributed by atoms with van der Waals surface area (Å²) in [7, 11) is 0. The molecular formula is C23H22N4O2S. The summed E-state index contributed by atoms with van der Waals surface area (Å²) in [6, 6.07) is 15.5. The molecule has 2 aromatic heterocycles. The average molecular weight is 419 g/mol. The fraction of sp³-hybridized carbons (Fsp3) is 0.261. The summed E-state index contributed by atoms with van der Waals surface area (Å²) in [5.41, 5.74) is 3.71. The maximum absolute atomic E-state index is 13.5. The van der Waals surface area contributed by atoms with Crippen LogP contribution in [-0.4, -0.2) is 44.2 Å². The van der Waals surface area contributed by atoms with Crippen LogP contribution in [0, 0.1) is 6.92 Å². The van der Waals surface area contributed by atoms with E-state index >= 15 is 0 Å². The fourth-order valence-corrected chi connectivity index (χ4v) is 4.85. The molecule has 4 aromatic rings. The summed E-state index contributed by atoms with van der Waals surface area (Å²) < 4.78 is 1.61. The summed E-state index contributed by atoms with van der Waals surface area (Å²) in [6.07, 6.45) is 2.12. The van der Waals surface area contributed by atoms with Crippen LogP contribution in [0.15, 0.2) is 58.5 Å². The molecule has 5 rings (SSSR count). The van der Waals surface area contributed by atoms with E-state index in [2.05, 4.69) is 4.98 Å². The number of carbonyl (C=O) groups is 1. The van der Waals surface area contributed by atoms with Crippen LogP contribution in [0.5, 0.6) is 0 Å². The lowest BCUT2D eigenvalue weighted by atomic mass is 10.2. The zero-order valence-corrected chi connectivity index (χ0v) is 17.5. The molecule has 1 amide bonds. The number of nitrogens with zero attached hydrogens (tertiary/aromatic N) is 3. The van der Waals surface area contributed by atoms with Crippen molar-refractivity contribution in [1.82, 2.24) is 19.4 Å². The Morgan fingerprint density at radius 1 is 1.10 bits per heavy atom. The van der Waals surface area contributed by atoms with Crippen molar-refractivity contribution in [3.8, 4) is 5.69 Å². The van der Waals surface area contributed by atoms with Crippen LogP contribution in [0.3, 0.4) is 0 Å². The monoisotopic (exact) mass is 418 g/mol. The predicted octanol–water partition coefficient (Wildman–Crippen LogP) is 3.89. The molecular weight excluding hydrogens is 396 g/mol. The molecule has 30 heavy (non-hydrogen) atoms. The molecule has 1 aliphatic heterocycles. The van der Waals surface area contributed by atoms with Gasteiger partial charge in [0.15, 0.2) is 5.16 Å². The number of rotatable bonds is 4. The first-order valence-electron chi connectivity index (χ1n) is 10.1. The van der Waals surface area contributed by atoms with Crippen molar-refractivity contribution in [2.75, 3.05) is 18.8 Å². The average Bonchev–Trinajstić information content (AvgIpc) is 3.42. The van der Waals surface area contributed by atoms with E-state index in [1.165, 1.54) is 11.8 Å². The third-order valence-electron chi connectivity index (χ3n) is 5.57. The zero-order chi connectivity index (χ0) is 20.7. The van der Waals surface area contributed by atoms with Crippen molar-refractivity contribution < 1.29 is 4.79 Å². The van der Waals surface area contributed by atoms with E-state index in [9.17, 15) is 9.59 Å². The van der Waals surface area contributed by atoms with Gasteiger partial charge in [0, 0.05) is 24.0 Å². The van der Waals surface area contributed by atoms with Gasteiger partial charge in [-0.25, -0.2) is 4.98 Å². The molecule has 3 heterocycles. The topological polar surface area (TPSA) is 71.0 Å². The number of likely N-dealkylation sites (tertiary alicyclic amines) is 1. The molecule has 0 unspecified atom stereocenters. The van der Waals surface area contributed by atoms with E-state index in [0.29, 0.717) is 16.2 Å². The van der Waals surface area contributed by atoms with Crippen LogP contribution in [0.2, 0.25) is 0 Å². The van der Waals surface area contributed by atoms with Crippen LogP contribution in [0.25, 0.3) is 27.6 Å². The molecule has 1 N–H and O–H groups in total. The number of thioether (sulfide) groups is 1. The molecule has 152 valence electrons. The molecule has 6 nitrogen and oxygen atoms in total. The van der Waals surface area contributed by atoms with Crippen molar-refractivity contribution in [2.45, 2.75) is 24.9 Å². The molecule has 7 heteroatoms.